The summed E-state index contributed by atoms with van der Waals surface area (Å²) in [6, 6.07) is 67.8. The van der Waals surface area contributed by atoms with Crippen molar-refractivity contribution in [3.63, 3.8) is 0 Å². The van der Waals surface area contributed by atoms with E-state index >= 15 is 0 Å². The lowest BCUT2D eigenvalue weighted by molar-refractivity contribution is 0.755. The van der Waals surface area contributed by atoms with Gasteiger partial charge in [0.05, 0.1) is 0 Å². The van der Waals surface area contributed by atoms with Gasteiger partial charge in [-0.1, -0.05) is 158 Å². The molecule has 68 heavy (non-hydrogen) atoms. The standard InChI is InChI=1S/C60H38N8/c1-3-13-37(14-4-1)55-63-57(39-27-31-61-32-28-39)67-59(65-55)49-21-11-7-17-43(49)41-23-25-47-51(35-41)53-45-19-9-10-20-46(45)54(47)52-36-42(24-26-48(52)53)44-18-8-12-22-50(44)60-66-56(38-15-5-2-6-16-38)64-58(68-60)40-29-33-62-34-30-40/h1-36,53-54H. The maximum absolute atomic E-state index is 5.11. The van der Waals surface area contributed by atoms with Gasteiger partial charge in [-0.2, -0.15) is 0 Å². The molecule has 2 atom stereocenters. The second-order valence-electron chi connectivity index (χ2n) is 17.1. The Bertz CT molecular complexity index is 3330. The van der Waals surface area contributed by atoms with E-state index in [0.717, 1.165) is 55.6 Å². The number of hydrogen-bond donors (Lipinski definition) is 0. The zero-order valence-corrected chi connectivity index (χ0v) is 36.5. The summed E-state index contributed by atoms with van der Waals surface area (Å²) < 4.78 is 0. The second kappa shape index (κ2) is 16.4. The van der Waals surface area contributed by atoms with E-state index in [2.05, 4.69) is 119 Å². The fraction of sp³-hybridized carbons (Fsp3) is 0.0333. The molecule has 8 heteroatoms. The van der Waals surface area contributed by atoms with Crippen molar-refractivity contribution in [2.24, 2.45) is 0 Å². The van der Waals surface area contributed by atoms with Crippen LogP contribution >= 0.6 is 0 Å². The lowest BCUT2D eigenvalue weighted by atomic mass is 9.60. The van der Waals surface area contributed by atoms with Gasteiger partial charge >= 0.3 is 0 Å². The first-order chi connectivity index (χ1) is 33.7. The number of benzene rings is 7. The molecule has 0 radical (unpaired) electrons. The van der Waals surface area contributed by atoms with Crippen molar-refractivity contribution in [3.8, 4) is 90.6 Å². The van der Waals surface area contributed by atoms with Crippen molar-refractivity contribution in [3.05, 3.63) is 252 Å². The Balaban J connectivity index is 0.918. The summed E-state index contributed by atoms with van der Waals surface area (Å²) in [6.07, 6.45) is 7.07. The van der Waals surface area contributed by atoms with Crippen LogP contribution < -0.4 is 0 Å². The van der Waals surface area contributed by atoms with E-state index in [0.29, 0.717) is 34.9 Å². The van der Waals surface area contributed by atoms with Gasteiger partial charge in [-0.05, 0) is 92.0 Å². The number of rotatable bonds is 8. The molecule has 7 aromatic carbocycles. The number of nitrogens with zero attached hydrogens (tertiary/aromatic N) is 8. The molecule has 2 bridgehead atoms. The van der Waals surface area contributed by atoms with Gasteiger partial charge in [0.15, 0.2) is 34.9 Å². The van der Waals surface area contributed by atoms with E-state index < -0.39 is 0 Å². The first kappa shape index (κ1) is 39.2. The topological polar surface area (TPSA) is 103 Å². The average Bonchev–Trinajstić information content (AvgIpc) is 3.43. The van der Waals surface area contributed by atoms with Gasteiger partial charge < -0.3 is 0 Å². The molecule has 0 spiro atoms. The van der Waals surface area contributed by atoms with E-state index in [-0.39, 0.29) is 11.8 Å². The van der Waals surface area contributed by atoms with Gasteiger partial charge in [0.2, 0.25) is 0 Å². The molecular weight excluding hydrogens is 833 g/mol. The Kier molecular flexibility index (Phi) is 9.45. The molecule has 14 rings (SSSR count). The molecule has 11 aromatic rings. The number of aromatic nitrogens is 8. The third-order valence-electron chi connectivity index (χ3n) is 13.2. The van der Waals surface area contributed by atoms with Gasteiger partial charge in [-0.15, -0.1) is 0 Å². The van der Waals surface area contributed by atoms with Gasteiger partial charge in [0.25, 0.3) is 0 Å². The highest BCUT2D eigenvalue weighted by atomic mass is 15.0. The van der Waals surface area contributed by atoms with Crippen LogP contribution in [0, 0.1) is 0 Å². The largest absolute Gasteiger partial charge is 0.265 e. The van der Waals surface area contributed by atoms with Gasteiger partial charge in [0.1, 0.15) is 0 Å². The predicted octanol–water partition coefficient (Wildman–Crippen LogP) is 13.2. The zero-order chi connectivity index (χ0) is 45.0. The minimum absolute atomic E-state index is 0.0534. The number of hydrogen-bond acceptors (Lipinski definition) is 8. The average molecular weight is 871 g/mol. The summed E-state index contributed by atoms with van der Waals surface area (Å²) >= 11 is 0. The maximum Gasteiger partial charge on any atom is 0.164 e. The Hall–Kier alpha value is -9.14. The lowest BCUT2D eigenvalue weighted by Gasteiger charge is -2.42. The quantitative estimate of drug-likeness (QED) is 0.149. The van der Waals surface area contributed by atoms with E-state index in [9.17, 15) is 0 Å². The SMILES string of the molecule is c1ccc(-c2nc(-c3ccncc3)nc(-c3ccccc3-c3ccc4c(c3)C3c5ccccc5C4c4cc(-c5ccccc5-c5nc(-c6ccccc6)nc(-c6ccncc6)n5)ccc43)n2)cc1. The molecular formula is C60H38N8. The van der Waals surface area contributed by atoms with Crippen molar-refractivity contribution in [1.29, 1.82) is 0 Å². The van der Waals surface area contributed by atoms with E-state index in [1.54, 1.807) is 24.8 Å². The first-order valence-electron chi connectivity index (χ1n) is 22.7. The smallest absolute Gasteiger partial charge is 0.164 e. The van der Waals surface area contributed by atoms with Crippen LogP contribution in [0.25, 0.3) is 90.6 Å². The van der Waals surface area contributed by atoms with E-state index in [1.165, 1.54) is 33.4 Å². The van der Waals surface area contributed by atoms with Crippen LogP contribution in [0.5, 0.6) is 0 Å². The molecule has 3 aliphatic carbocycles. The highest BCUT2D eigenvalue weighted by Crippen LogP contribution is 2.57. The molecule has 0 fully saturated rings. The summed E-state index contributed by atoms with van der Waals surface area (Å²) in [5, 5.41) is 0. The molecule has 0 N–H and O–H groups in total. The molecule has 4 heterocycles. The van der Waals surface area contributed by atoms with Crippen LogP contribution in [0.3, 0.4) is 0 Å². The Morgan fingerprint density at radius 1 is 0.221 bits per heavy atom. The molecule has 3 aliphatic rings. The molecule has 0 saturated heterocycles. The summed E-state index contributed by atoms with van der Waals surface area (Å²) in [5.74, 6) is 3.78. The molecule has 8 nitrogen and oxygen atoms in total. The molecule has 0 saturated carbocycles. The molecule has 0 aliphatic heterocycles. The maximum atomic E-state index is 5.11. The van der Waals surface area contributed by atoms with Crippen molar-refractivity contribution in [1.82, 2.24) is 39.9 Å². The van der Waals surface area contributed by atoms with Crippen LogP contribution in [-0.4, -0.2) is 39.9 Å². The summed E-state index contributed by atoms with van der Waals surface area (Å²) in [5.41, 5.74) is 17.8. The number of pyridine rings is 2. The Morgan fingerprint density at radius 3 is 0.926 bits per heavy atom. The third-order valence-corrected chi connectivity index (χ3v) is 13.2. The normalized spacial score (nSPS) is 14.2. The molecule has 0 amide bonds. The minimum atomic E-state index is 0.0534. The first-order valence-corrected chi connectivity index (χ1v) is 22.7. The van der Waals surface area contributed by atoms with Crippen molar-refractivity contribution >= 4 is 0 Å². The summed E-state index contributed by atoms with van der Waals surface area (Å²) in [7, 11) is 0. The lowest BCUT2D eigenvalue weighted by Crippen LogP contribution is -2.27. The fourth-order valence-electron chi connectivity index (χ4n) is 10.1. The van der Waals surface area contributed by atoms with Crippen LogP contribution in [0.4, 0.5) is 0 Å². The predicted molar refractivity (Wildman–Crippen MR) is 267 cm³/mol. The van der Waals surface area contributed by atoms with Crippen molar-refractivity contribution < 1.29 is 0 Å². The van der Waals surface area contributed by atoms with Crippen LogP contribution in [0.2, 0.25) is 0 Å². The summed E-state index contributed by atoms with van der Waals surface area (Å²) in [6.45, 7) is 0. The van der Waals surface area contributed by atoms with Crippen molar-refractivity contribution in [2.45, 2.75) is 11.8 Å². The van der Waals surface area contributed by atoms with Gasteiger partial charge in [0, 0.05) is 70.0 Å². The molecule has 318 valence electrons. The Morgan fingerprint density at radius 2 is 0.529 bits per heavy atom. The van der Waals surface area contributed by atoms with Gasteiger partial charge in [-0.3, -0.25) is 9.97 Å². The molecule has 2 unspecified atom stereocenters. The fourth-order valence-corrected chi connectivity index (χ4v) is 10.1. The van der Waals surface area contributed by atoms with Gasteiger partial charge in [-0.25, -0.2) is 29.9 Å². The van der Waals surface area contributed by atoms with Crippen molar-refractivity contribution in [2.75, 3.05) is 0 Å². The highest BCUT2D eigenvalue weighted by molar-refractivity contribution is 5.86. The van der Waals surface area contributed by atoms with E-state index in [4.69, 9.17) is 29.9 Å². The van der Waals surface area contributed by atoms with E-state index in [1.807, 2.05) is 84.9 Å². The second-order valence-corrected chi connectivity index (χ2v) is 17.1. The highest BCUT2D eigenvalue weighted by Gasteiger charge is 2.41. The monoisotopic (exact) mass is 870 g/mol. The third kappa shape index (κ3) is 6.77. The minimum Gasteiger partial charge on any atom is -0.265 e. The Labute approximate surface area is 392 Å². The zero-order valence-electron chi connectivity index (χ0n) is 36.5. The van der Waals surface area contributed by atoms with Crippen LogP contribution in [-0.2, 0) is 0 Å². The molecule has 4 aromatic heterocycles. The van der Waals surface area contributed by atoms with Crippen LogP contribution in [0.1, 0.15) is 45.2 Å². The van der Waals surface area contributed by atoms with Crippen LogP contribution in [0.15, 0.2) is 219 Å². The summed E-state index contributed by atoms with van der Waals surface area (Å²) in [4.78, 5) is 38.8.